The molecule has 1 saturated heterocycles. The van der Waals surface area contributed by atoms with Crippen LogP contribution in [0.2, 0.25) is 0 Å². The van der Waals surface area contributed by atoms with Crippen LogP contribution in [0.15, 0.2) is 59.6 Å². The van der Waals surface area contributed by atoms with E-state index in [9.17, 15) is 24.5 Å². The molecule has 2 aliphatic rings. The standard InChI is InChI=1S/C22H21N5O5S/c1-24-18-19(25(2)22(30)26(20(18)29)12-14-6-4-3-5-7-14)23-21(24)33-13-17(28)15-8-10-16(11-9-15)27(31)32/h3-11,18-19H,12-13H2,1-2H3. The Morgan fingerprint density at radius 1 is 1.06 bits per heavy atom. The van der Waals surface area contributed by atoms with Gasteiger partial charge in [-0.15, -0.1) is 0 Å². The first-order chi connectivity index (χ1) is 15.8. The Balaban J connectivity index is 1.45. The number of amidine groups is 1. The van der Waals surface area contributed by atoms with Crippen LogP contribution in [0.25, 0.3) is 0 Å². The van der Waals surface area contributed by atoms with Gasteiger partial charge in [0, 0.05) is 31.8 Å². The number of non-ortho nitro benzene ring substituents is 1. The van der Waals surface area contributed by atoms with Crippen molar-refractivity contribution < 1.29 is 19.3 Å². The normalized spacial score (nSPS) is 20.1. The summed E-state index contributed by atoms with van der Waals surface area (Å²) < 4.78 is 0. The fourth-order valence-corrected chi connectivity index (χ4v) is 4.70. The number of nitro groups is 1. The van der Waals surface area contributed by atoms with Gasteiger partial charge in [0.25, 0.3) is 11.6 Å². The lowest BCUT2D eigenvalue weighted by Crippen LogP contribution is -2.64. The van der Waals surface area contributed by atoms with E-state index in [1.165, 1.54) is 45.8 Å². The number of urea groups is 1. The van der Waals surface area contributed by atoms with Gasteiger partial charge in [-0.1, -0.05) is 42.1 Å². The van der Waals surface area contributed by atoms with Gasteiger partial charge in [0.05, 0.1) is 17.2 Å². The molecule has 0 spiro atoms. The number of carbonyl (C=O) groups excluding carboxylic acids is 3. The molecule has 2 unspecified atom stereocenters. The summed E-state index contributed by atoms with van der Waals surface area (Å²) in [5.74, 6) is -0.516. The largest absolute Gasteiger partial charge is 0.339 e. The summed E-state index contributed by atoms with van der Waals surface area (Å²) in [5.41, 5.74) is 1.11. The molecule has 2 heterocycles. The van der Waals surface area contributed by atoms with E-state index in [-0.39, 0.29) is 29.7 Å². The van der Waals surface area contributed by atoms with E-state index >= 15 is 0 Å². The third-order valence-corrected chi connectivity index (χ3v) is 6.67. The Hall–Kier alpha value is -3.73. The number of nitrogens with zero attached hydrogens (tertiary/aromatic N) is 5. The summed E-state index contributed by atoms with van der Waals surface area (Å²) in [4.78, 5) is 57.7. The molecule has 11 heteroatoms. The minimum atomic E-state index is -0.673. The third-order valence-electron chi connectivity index (χ3n) is 5.61. The number of carbonyl (C=O) groups is 3. The maximum Gasteiger partial charge on any atom is 0.328 e. The molecule has 0 aromatic heterocycles. The summed E-state index contributed by atoms with van der Waals surface area (Å²) >= 11 is 1.17. The van der Waals surface area contributed by atoms with E-state index in [1.807, 2.05) is 30.3 Å². The number of Topliss-reactive ketones (excluding diaryl/α,β-unsaturated/α-hetero) is 1. The number of nitro benzene ring substituents is 1. The number of amides is 3. The zero-order chi connectivity index (χ0) is 23.7. The molecule has 0 radical (unpaired) electrons. The molecule has 2 atom stereocenters. The quantitative estimate of drug-likeness (QED) is 0.364. The number of likely N-dealkylation sites (N-methyl/N-ethyl adjacent to an activating group) is 2. The molecule has 3 amide bonds. The maximum atomic E-state index is 13.2. The Kier molecular flexibility index (Phi) is 6.14. The van der Waals surface area contributed by atoms with Crippen molar-refractivity contribution in [1.29, 1.82) is 0 Å². The van der Waals surface area contributed by atoms with Gasteiger partial charge >= 0.3 is 6.03 Å². The second-order valence-electron chi connectivity index (χ2n) is 7.70. The first-order valence-electron chi connectivity index (χ1n) is 10.1. The van der Waals surface area contributed by atoms with Gasteiger partial charge in [-0.05, 0) is 17.7 Å². The molecule has 33 heavy (non-hydrogen) atoms. The summed E-state index contributed by atoms with van der Waals surface area (Å²) in [6.45, 7) is 0.168. The second kappa shape index (κ2) is 9.02. The molecule has 2 aliphatic heterocycles. The van der Waals surface area contributed by atoms with E-state index in [0.29, 0.717) is 10.7 Å². The number of fused-ring (bicyclic) bond motifs is 1. The van der Waals surface area contributed by atoms with Crippen LogP contribution in [0.4, 0.5) is 10.5 Å². The van der Waals surface area contributed by atoms with E-state index in [1.54, 1.807) is 19.0 Å². The number of hydrogen-bond acceptors (Lipinski definition) is 8. The molecule has 10 nitrogen and oxygen atoms in total. The lowest BCUT2D eigenvalue weighted by molar-refractivity contribution is -0.384. The van der Waals surface area contributed by atoms with Gasteiger partial charge in [-0.25, -0.2) is 9.79 Å². The smallest absolute Gasteiger partial charge is 0.328 e. The minimum Gasteiger partial charge on any atom is -0.339 e. The van der Waals surface area contributed by atoms with Crippen molar-refractivity contribution >= 4 is 40.3 Å². The van der Waals surface area contributed by atoms with Crippen molar-refractivity contribution in [3.63, 3.8) is 0 Å². The van der Waals surface area contributed by atoms with Crippen molar-refractivity contribution in [1.82, 2.24) is 14.7 Å². The monoisotopic (exact) mass is 467 g/mol. The van der Waals surface area contributed by atoms with Crippen molar-refractivity contribution in [2.24, 2.45) is 4.99 Å². The number of imide groups is 1. The number of rotatable bonds is 6. The van der Waals surface area contributed by atoms with Crippen LogP contribution in [0.1, 0.15) is 15.9 Å². The zero-order valence-corrected chi connectivity index (χ0v) is 18.8. The molecule has 1 fully saturated rings. The molecule has 2 aromatic carbocycles. The molecule has 0 bridgehead atoms. The highest BCUT2D eigenvalue weighted by molar-refractivity contribution is 8.14. The number of benzene rings is 2. The zero-order valence-electron chi connectivity index (χ0n) is 18.0. The first kappa shape index (κ1) is 22.5. The van der Waals surface area contributed by atoms with Crippen LogP contribution in [-0.2, 0) is 11.3 Å². The number of aliphatic imine (C=N–C) groups is 1. The van der Waals surface area contributed by atoms with Crippen LogP contribution in [0.5, 0.6) is 0 Å². The second-order valence-corrected chi connectivity index (χ2v) is 8.64. The highest BCUT2D eigenvalue weighted by Crippen LogP contribution is 2.31. The fraction of sp³-hybridized carbons (Fsp3) is 0.273. The topological polar surface area (TPSA) is 116 Å². The van der Waals surface area contributed by atoms with Crippen LogP contribution in [0, 0.1) is 10.1 Å². The molecule has 170 valence electrons. The first-order valence-corrected chi connectivity index (χ1v) is 11.1. The number of thioether (sulfide) groups is 1. The summed E-state index contributed by atoms with van der Waals surface area (Å²) in [6, 6.07) is 13.6. The van der Waals surface area contributed by atoms with E-state index in [0.717, 1.165) is 5.56 Å². The lowest BCUT2D eigenvalue weighted by atomic mass is 10.1. The highest BCUT2D eigenvalue weighted by Gasteiger charge is 2.51. The lowest BCUT2D eigenvalue weighted by Gasteiger charge is -2.40. The van der Waals surface area contributed by atoms with Crippen LogP contribution < -0.4 is 0 Å². The van der Waals surface area contributed by atoms with Crippen molar-refractivity contribution in [3.05, 3.63) is 75.8 Å². The van der Waals surface area contributed by atoms with E-state index < -0.39 is 23.2 Å². The van der Waals surface area contributed by atoms with Gasteiger partial charge < -0.3 is 9.80 Å². The average Bonchev–Trinajstić information content (AvgIpc) is 3.16. The SMILES string of the molecule is CN1C(=O)N(Cc2ccccc2)C(=O)C2C1N=C(SCC(=O)c1ccc([N+](=O)[O-])cc1)N2C. The Morgan fingerprint density at radius 2 is 1.73 bits per heavy atom. The van der Waals surface area contributed by atoms with Gasteiger partial charge in [-0.3, -0.25) is 24.6 Å². The summed E-state index contributed by atoms with van der Waals surface area (Å²) in [6.07, 6.45) is -0.668. The number of ketones is 1. The van der Waals surface area contributed by atoms with Crippen molar-refractivity contribution in [2.75, 3.05) is 19.8 Å². The molecular formula is C22H21N5O5S. The molecule has 0 saturated carbocycles. The summed E-state index contributed by atoms with van der Waals surface area (Å²) in [5, 5.41) is 11.3. The van der Waals surface area contributed by atoms with Crippen LogP contribution >= 0.6 is 11.8 Å². The Bertz CT molecular complexity index is 1140. The number of hydrogen-bond donors (Lipinski definition) is 0. The molecule has 0 aliphatic carbocycles. The Morgan fingerprint density at radius 3 is 2.36 bits per heavy atom. The van der Waals surface area contributed by atoms with Gasteiger partial charge in [0.1, 0.15) is 0 Å². The summed E-state index contributed by atoms with van der Waals surface area (Å²) in [7, 11) is 3.33. The molecular weight excluding hydrogens is 446 g/mol. The Labute approximate surface area is 194 Å². The van der Waals surface area contributed by atoms with E-state index in [2.05, 4.69) is 4.99 Å². The molecule has 0 N–H and O–H groups in total. The van der Waals surface area contributed by atoms with Gasteiger partial charge in [0.15, 0.2) is 23.2 Å². The van der Waals surface area contributed by atoms with E-state index in [4.69, 9.17) is 0 Å². The minimum absolute atomic E-state index is 0.0417. The van der Waals surface area contributed by atoms with Crippen molar-refractivity contribution in [2.45, 2.75) is 18.8 Å². The predicted octanol–water partition coefficient (Wildman–Crippen LogP) is 2.60. The molecule has 4 rings (SSSR count). The average molecular weight is 468 g/mol. The third kappa shape index (κ3) is 4.31. The highest BCUT2D eigenvalue weighted by atomic mass is 32.2. The predicted molar refractivity (Wildman–Crippen MR) is 123 cm³/mol. The van der Waals surface area contributed by atoms with Crippen LogP contribution in [0.3, 0.4) is 0 Å². The van der Waals surface area contributed by atoms with Gasteiger partial charge in [-0.2, -0.15) is 0 Å². The maximum absolute atomic E-state index is 13.2. The molecule has 2 aromatic rings. The van der Waals surface area contributed by atoms with Gasteiger partial charge in [0.2, 0.25) is 0 Å². The van der Waals surface area contributed by atoms with Crippen LogP contribution in [-0.4, -0.2) is 74.6 Å². The fourth-order valence-electron chi connectivity index (χ4n) is 3.78. The van der Waals surface area contributed by atoms with Crippen molar-refractivity contribution in [3.8, 4) is 0 Å².